The average Bonchev–Trinajstić information content (AvgIpc) is 2.62. The molecule has 0 saturated carbocycles. The molecule has 10 heteroatoms. The topological polar surface area (TPSA) is 158 Å². The zero-order valence-corrected chi connectivity index (χ0v) is 13.0. The van der Waals surface area contributed by atoms with Crippen LogP contribution in [0.5, 0.6) is 5.75 Å². The van der Waals surface area contributed by atoms with Crippen molar-refractivity contribution >= 4 is 11.6 Å². The Kier molecular flexibility index (Phi) is 5.20. The van der Waals surface area contributed by atoms with E-state index in [9.17, 15) is 20.1 Å². The number of hydrogen-bond donors (Lipinski definition) is 6. The van der Waals surface area contributed by atoms with E-state index in [-0.39, 0.29) is 12.4 Å². The molecule has 0 radical (unpaired) electrons. The molecule has 10 nitrogen and oxygen atoms in total. The van der Waals surface area contributed by atoms with Crippen LogP contribution in [0.1, 0.15) is 5.56 Å². The Morgan fingerprint density at radius 2 is 1.88 bits per heavy atom. The molecule has 6 atom stereocenters. The highest BCUT2D eigenvalue weighted by molar-refractivity contribution is 5.96. The molecule has 0 aliphatic carbocycles. The molecule has 2 aliphatic heterocycles. The van der Waals surface area contributed by atoms with E-state index < -0.39 is 49.5 Å². The molecule has 1 aromatic carbocycles. The van der Waals surface area contributed by atoms with Gasteiger partial charge in [-0.3, -0.25) is 4.79 Å². The van der Waals surface area contributed by atoms with E-state index in [0.717, 1.165) is 0 Å². The largest absolute Gasteiger partial charge is 0.453 e. The maximum absolute atomic E-state index is 12.1. The average molecular weight is 357 g/mol. The van der Waals surface area contributed by atoms with E-state index in [1.54, 1.807) is 12.1 Å². The van der Waals surface area contributed by atoms with Crippen molar-refractivity contribution in [2.45, 2.75) is 43.6 Å². The lowest BCUT2D eigenvalue weighted by Gasteiger charge is -2.40. The Hall–Kier alpha value is -1.79. The first-order valence-corrected chi connectivity index (χ1v) is 7.62. The summed E-state index contributed by atoms with van der Waals surface area (Å²) in [6.45, 7) is -0.839. The summed E-state index contributed by atoms with van der Waals surface area (Å²) in [6, 6.07) is 4.68. The number of fused-ring (bicyclic) bond motifs is 1. The quantitative estimate of drug-likeness (QED) is 0.347. The van der Waals surface area contributed by atoms with Crippen LogP contribution in [0.4, 0.5) is 5.69 Å². The number of ether oxygens (including phenoxy) is 3. The first-order chi connectivity index (χ1) is 11.9. The van der Waals surface area contributed by atoms with Crippen molar-refractivity contribution in [3.8, 4) is 5.75 Å². The summed E-state index contributed by atoms with van der Waals surface area (Å²) in [7, 11) is 0. The van der Waals surface area contributed by atoms with Gasteiger partial charge in [-0.1, -0.05) is 6.07 Å². The highest BCUT2D eigenvalue weighted by Gasteiger charge is 2.46. The van der Waals surface area contributed by atoms with Crippen LogP contribution in [0.2, 0.25) is 0 Å². The number of aliphatic hydroxyl groups is 5. The Morgan fingerprint density at radius 3 is 2.56 bits per heavy atom. The van der Waals surface area contributed by atoms with E-state index in [1.165, 1.54) is 6.07 Å². The van der Waals surface area contributed by atoms with Crippen LogP contribution in [-0.4, -0.2) is 75.0 Å². The van der Waals surface area contributed by atoms with Crippen molar-refractivity contribution < 1.29 is 44.5 Å². The van der Waals surface area contributed by atoms with Crippen LogP contribution in [0, 0.1) is 0 Å². The molecule has 2 heterocycles. The van der Waals surface area contributed by atoms with Crippen molar-refractivity contribution in [1.82, 2.24) is 0 Å². The minimum absolute atomic E-state index is 0.219. The molecule has 1 fully saturated rings. The van der Waals surface area contributed by atoms with E-state index in [4.69, 9.17) is 24.4 Å². The number of nitrogens with one attached hydrogen (secondary N) is 1. The molecule has 3 rings (SSSR count). The Balaban J connectivity index is 1.74. The number of benzene rings is 1. The van der Waals surface area contributed by atoms with Gasteiger partial charge in [-0.15, -0.1) is 0 Å². The monoisotopic (exact) mass is 357 g/mol. The minimum atomic E-state index is -1.65. The van der Waals surface area contributed by atoms with Gasteiger partial charge in [-0.25, -0.2) is 0 Å². The number of rotatable bonds is 4. The second kappa shape index (κ2) is 7.22. The second-order valence-electron chi connectivity index (χ2n) is 5.76. The smallest absolute Gasteiger partial charge is 0.294 e. The number of aliphatic hydroxyl groups excluding tert-OH is 5. The summed E-state index contributed by atoms with van der Waals surface area (Å²) in [6.07, 6.45) is -8.98. The molecular formula is C15H19NO9. The molecule has 1 aromatic rings. The first kappa shape index (κ1) is 18.0. The van der Waals surface area contributed by atoms with Crippen LogP contribution in [0.25, 0.3) is 0 Å². The van der Waals surface area contributed by atoms with Crippen molar-refractivity contribution in [1.29, 1.82) is 0 Å². The summed E-state index contributed by atoms with van der Waals surface area (Å²) in [5.74, 6) is -0.415. The third kappa shape index (κ3) is 3.46. The summed E-state index contributed by atoms with van der Waals surface area (Å²) in [5.41, 5.74) is 0.942. The molecule has 1 saturated heterocycles. The number of anilines is 1. The summed E-state index contributed by atoms with van der Waals surface area (Å²) in [4.78, 5) is 12.1. The molecule has 25 heavy (non-hydrogen) atoms. The van der Waals surface area contributed by atoms with Crippen molar-refractivity contribution in [2.75, 3.05) is 11.9 Å². The van der Waals surface area contributed by atoms with Gasteiger partial charge in [0.25, 0.3) is 12.2 Å². The fourth-order valence-corrected chi connectivity index (χ4v) is 2.62. The molecule has 0 aromatic heterocycles. The number of carbonyl (C=O) groups excluding carboxylic acids is 1. The fourth-order valence-electron chi connectivity index (χ4n) is 2.62. The third-order valence-corrected chi connectivity index (χ3v) is 4.04. The van der Waals surface area contributed by atoms with Gasteiger partial charge in [-0.2, -0.15) is 0 Å². The van der Waals surface area contributed by atoms with E-state index in [1.807, 2.05) is 0 Å². The minimum Gasteiger partial charge on any atom is -0.453 e. The lowest BCUT2D eigenvalue weighted by molar-refractivity contribution is -0.322. The Labute approximate surface area is 142 Å². The third-order valence-electron chi connectivity index (χ3n) is 4.04. The van der Waals surface area contributed by atoms with Gasteiger partial charge in [0.15, 0.2) is 6.29 Å². The van der Waals surface area contributed by atoms with Crippen LogP contribution in [-0.2, 0) is 20.9 Å². The van der Waals surface area contributed by atoms with E-state index in [0.29, 0.717) is 11.3 Å². The Bertz CT molecular complexity index is 637. The highest BCUT2D eigenvalue weighted by Crippen LogP contribution is 2.32. The second-order valence-corrected chi connectivity index (χ2v) is 5.76. The Morgan fingerprint density at radius 1 is 1.12 bits per heavy atom. The first-order valence-electron chi connectivity index (χ1n) is 7.62. The van der Waals surface area contributed by atoms with Gasteiger partial charge in [0, 0.05) is 0 Å². The molecule has 138 valence electrons. The maximum atomic E-state index is 12.1. The van der Waals surface area contributed by atoms with Crippen molar-refractivity contribution in [2.24, 2.45) is 0 Å². The zero-order valence-electron chi connectivity index (χ0n) is 13.0. The van der Waals surface area contributed by atoms with Crippen LogP contribution in [0.15, 0.2) is 18.2 Å². The lowest BCUT2D eigenvalue weighted by atomic mass is 9.99. The SMILES string of the molecule is O=C1Nc2ccc(CO)cc2O[C@@H]1OC1OC(CO)C(O)C(O)C1O. The predicted molar refractivity (Wildman–Crippen MR) is 80.3 cm³/mol. The molecule has 6 N–H and O–H groups in total. The zero-order chi connectivity index (χ0) is 18.1. The molecule has 5 unspecified atom stereocenters. The van der Waals surface area contributed by atoms with Crippen molar-refractivity contribution in [3.05, 3.63) is 23.8 Å². The standard InChI is InChI=1S/C15H19NO9/c17-4-6-1-2-7-8(3-6)23-15(13(22)16-7)25-14-12(21)11(20)10(19)9(5-18)24-14/h1-3,9-12,14-15,17-21H,4-5H2,(H,16,22)/t9?,10?,11?,12?,14?,15-/m1/s1. The van der Waals surface area contributed by atoms with Gasteiger partial charge in [0.2, 0.25) is 0 Å². The van der Waals surface area contributed by atoms with Gasteiger partial charge in [-0.05, 0) is 17.7 Å². The highest BCUT2D eigenvalue weighted by atomic mass is 16.8. The van der Waals surface area contributed by atoms with Gasteiger partial charge in [0.1, 0.15) is 30.2 Å². The number of hydrogen-bond acceptors (Lipinski definition) is 9. The summed E-state index contributed by atoms with van der Waals surface area (Å²) >= 11 is 0. The molecular weight excluding hydrogens is 338 g/mol. The molecule has 0 bridgehead atoms. The summed E-state index contributed by atoms with van der Waals surface area (Å²) in [5, 5.41) is 50.3. The molecule has 2 aliphatic rings. The fraction of sp³-hybridized carbons (Fsp3) is 0.533. The van der Waals surface area contributed by atoms with Gasteiger partial charge in [0.05, 0.1) is 18.9 Å². The van der Waals surface area contributed by atoms with Crippen LogP contribution < -0.4 is 10.1 Å². The summed E-state index contributed by atoms with van der Waals surface area (Å²) < 4.78 is 15.9. The number of amides is 1. The molecule has 0 spiro atoms. The van der Waals surface area contributed by atoms with E-state index in [2.05, 4.69) is 5.32 Å². The maximum Gasteiger partial charge on any atom is 0.294 e. The molecule has 1 amide bonds. The lowest BCUT2D eigenvalue weighted by Crippen LogP contribution is -2.60. The van der Waals surface area contributed by atoms with Gasteiger partial charge >= 0.3 is 0 Å². The van der Waals surface area contributed by atoms with E-state index >= 15 is 0 Å². The number of carbonyl (C=O) groups is 1. The van der Waals surface area contributed by atoms with Crippen LogP contribution in [0.3, 0.4) is 0 Å². The predicted octanol–water partition coefficient (Wildman–Crippen LogP) is -2.35. The van der Waals surface area contributed by atoms with Gasteiger partial charge < -0.3 is 45.1 Å². The van der Waals surface area contributed by atoms with Crippen molar-refractivity contribution in [3.63, 3.8) is 0 Å². The normalized spacial score (nSPS) is 34.8. The van der Waals surface area contributed by atoms with Crippen LogP contribution >= 0.6 is 0 Å².